The molecule has 0 saturated carbocycles. The maximum atomic E-state index is 5.80. The summed E-state index contributed by atoms with van der Waals surface area (Å²) in [4.78, 5) is 9.93. The molecule has 0 N–H and O–H groups in total. The summed E-state index contributed by atoms with van der Waals surface area (Å²) in [5, 5.41) is 0. The van der Waals surface area contributed by atoms with Gasteiger partial charge in [-0.15, -0.1) is 0 Å². The van der Waals surface area contributed by atoms with Crippen molar-refractivity contribution in [3.8, 4) is 0 Å². The molecule has 0 bridgehead atoms. The average molecular weight is 428 g/mol. The molecule has 0 fully saturated rings. The first-order chi connectivity index (χ1) is 13.0. The summed E-state index contributed by atoms with van der Waals surface area (Å²) in [6.45, 7) is 8.94. The third kappa shape index (κ3) is 3.43. The predicted octanol–water partition coefficient (Wildman–Crippen LogP) is 5.53. The van der Waals surface area contributed by atoms with Gasteiger partial charge in [-0.1, -0.05) is 28.9 Å². The van der Waals surface area contributed by atoms with Crippen LogP contribution >= 0.6 is 15.9 Å². The zero-order valence-electron chi connectivity index (χ0n) is 16.4. The topological polar surface area (TPSA) is 39.9 Å². The van der Waals surface area contributed by atoms with Gasteiger partial charge in [0.15, 0.2) is 5.65 Å². The first kappa shape index (κ1) is 18.6. The number of fused-ring (bicyclic) bond motifs is 2. The highest BCUT2D eigenvalue weighted by molar-refractivity contribution is 9.10. The van der Waals surface area contributed by atoms with Crippen molar-refractivity contribution in [3.05, 3.63) is 56.9 Å². The Hall–Kier alpha value is -1.72. The van der Waals surface area contributed by atoms with E-state index in [1.807, 2.05) is 0 Å². The van der Waals surface area contributed by atoms with Crippen LogP contribution in [0.25, 0.3) is 11.2 Å². The van der Waals surface area contributed by atoms with E-state index in [9.17, 15) is 0 Å². The standard InChI is InChI=1S/C22H26BrN3O/c1-5-20-25-21-14(4)10-17(12-27-13(2)3)24-22(21)26(20)19-9-6-15-11-16(23)7-8-18(15)19/h7-8,10-11,13,19H,5-6,9,12H2,1-4H3. The fourth-order valence-corrected chi connectivity index (χ4v) is 4.47. The van der Waals surface area contributed by atoms with Crippen LogP contribution in [0.4, 0.5) is 0 Å². The second-order valence-electron chi connectivity index (χ2n) is 7.61. The van der Waals surface area contributed by atoms with Crippen molar-refractivity contribution in [2.45, 2.75) is 65.7 Å². The van der Waals surface area contributed by atoms with Crippen molar-refractivity contribution in [1.29, 1.82) is 0 Å². The Kier molecular flexibility index (Phi) is 5.08. The second-order valence-corrected chi connectivity index (χ2v) is 8.53. The number of benzene rings is 1. The Labute approximate surface area is 169 Å². The third-order valence-corrected chi connectivity index (χ3v) is 5.80. The molecule has 1 aliphatic rings. The summed E-state index contributed by atoms with van der Waals surface area (Å²) in [5.74, 6) is 1.11. The van der Waals surface area contributed by atoms with Gasteiger partial charge in [-0.3, -0.25) is 0 Å². The van der Waals surface area contributed by atoms with Crippen LogP contribution < -0.4 is 0 Å². The van der Waals surface area contributed by atoms with Gasteiger partial charge in [0, 0.05) is 10.9 Å². The summed E-state index contributed by atoms with van der Waals surface area (Å²) in [5.41, 5.74) is 6.99. The summed E-state index contributed by atoms with van der Waals surface area (Å²) >= 11 is 3.60. The van der Waals surface area contributed by atoms with E-state index >= 15 is 0 Å². The summed E-state index contributed by atoms with van der Waals surface area (Å²) in [7, 11) is 0. The number of aryl methyl sites for hydroxylation is 3. The van der Waals surface area contributed by atoms with E-state index in [4.69, 9.17) is 14.7 Å². The van der Waals surface area contributed by atoms with E-state index in [2.05, 4.69) is 72.5 Å². The van der Waals surface area contributed by atoms with Crippen molar-refractivity contribution < 1.29 is 4.74 Å². The SMILES string of the molecule is CCc1nc2c(C)cc(COC(C)C)nc2n1C1CCc2cc(Br)ccc21. The molecule has 0 spiro atoms. The Morgan fingerprint density at radius 1 is 1.26 bits per heavy atom. The van der Waals surface area contributed by atoms with E-state index in [1.165, 1.54) is 16.7 Å². The monoisotopic (exact) mass is 427 g/mol. The average Bonchev–Trinajstić information content (AvgIpc) is 3.20. The predicted molar refractivity (Wildman–Crippen MR) is 112 cm³/mol. The van der Waals surface area contributed by atoms with E-state index in [-0.39, 0.29) is 6.10 Å². The molecule has 2 heterocycles. The molecule has 0 saturated heterocycles. The maximum absolute atomic E-state index is 5.80. The fourth-order valence-electron chi connectivity index (χ4n) is 4.06. The lowest BCUT2D eigenvalue weighted by Crippen LogP contribution is -2.12. The summed E-state index contributed by atoms with van der Waals surface area (Å²) < 4.78 is 9.33. The number of rotatable bonds is 5. The number of aromatic nitrogens is 3. The number of imidazole rings is 1. The van der Waals surface area contributed by atoms with Crippen molar-refractivity contribution in [1.82, 2.24) is 14.5 Å². The van der Waals surface area contributed by atoms with Gasteiger partial charge in [0.05, 0.1) is 24.4 Å². The van der Waals surface area contributed by atoms with E-state index in [0.29, 0.717) is 12.6 Å². The van der Waals surface area contributed by atoms with Gasteiger partial charge < -0.3 is 9.30 Å². The quantitative estimate of drug-likeness (QED) is 0.537. The van der Waals surface area contributed by atoms with Crippen molar-refractivity contribution in [3.63, 3.8) is 0 Å². The molecule has 4 nitrogen and oxygen atoms in total. The second kappa shape index (κ2) is 7.36. The molecule has 1 aromatic carbocycles. The molecule has 2 aromatic heterocycles. The highest BCUT2D eigenvalue weighted by Crippen LogP contribution is 2.38. The van der Waals surface area contributed by atoms with Crippen LogP contribution in [0.5, 0.6) is 0 Å². The van der Waals surface area contributed by atoms with Crippen LogP contribution in [0.1, 0.15) is 61.4 Å². The normalized spacial score (nSPS) is 16.4. The zero-order valence-corrected chi connectivity index (χ0v) is 18.0. The van der Waals surface area contributed by atoms with Gasteiger partial charge in [0.2, 0.25) is 0 Å². The number of ether oxygens (including phenoxy) is 1. The van der Waals surface area contributed by atoms with Crippen molar-refractivity contribution >= 4 is 27.1 Å². The molecule has 1 aliphatic carbocycles. The lowest BCUT2D eigenvalue weighted by Gasteiger charge is -2.18. The molecular formula is C22H26BrN3O. The molecule has 0 amide bonds. The lowest BCUT2D eigenvalue weighted by atomic mass is 10.1. The number of nitrogens with zero attached hydrogens (tertiary/aromatic N) is 3. The molecule has 3 aromatic rings. The molecule has 4 rings (SSSR count). The van der Waals surface area contributed by atoms with Crippen LogP contribution in [-0.2, 0) is 24.2 Å². The van der Waals surface area contributed by atoms with Gasteiger partial charge in [0.1, 0.15) is 11.3 Å². The van der Waals surface area contributed by atoms with Crippen LogP contribution in [0.2, 0.25) is 0 Å². The van der Waals surface area contributed by atoms with Crippen LogP contribution in [0.3, 0.4) is 0 Å². The summed E-state index contributed by atoms with van der Waals surface area (Å²) in [6, 6.07) is 9.06. The van der Waals surface area contributed by atoms with Gasteiger partial charge in [0.25, 0.3) is 0 Å². The lowest BCUT2D eigenvalue weighted by molar-refractivity contribution is 0.0637. The van der Waals surface area contributed by atoms with E-state index < -0.39 is 0 Å². The Bertz CT molecular complexity index is 993. The molecule has 142 valence electrons. The Morgan fingerprint density at radius 3 is 2.81 bits per heavy atom. The van der Waals surface area contributed by atoms with Gasteiger partial charge in [-0.05, 0) is 68.5 Å². The van der Waals surface area contributed by atoms with Crippen molar-refractivity contribution in [2.75, 3.05) is 0 Å². The molecular weight excluding hydrogens is 402 g/mol. The highest BCUT2D eigenvalue weighted by atomic mass is 79.9. The maximum Gasteiger partial charge on any atom is 0.161 e. The number of hydrogen-bond donors (Lipinski definition) is 0. The molecule has 0 aliphatic heterocycles. The first-order valence-corrected chi connectivity index (χ1v) is 10.5. The van der Waals surface area contributed by atoms with Crippen LogP contribution in [-0.4, -0.2) is 20.6 Å². The minimum atomic E-state index is 0.194. The fraction of sp³-hybridized carbons (Fsp3) is 0.455. The minimum absolute atomic E-state index is 0.194. The molecule has 0 radical (unpaired) electrons. The first-order valence-electron chi connectivity index (χ1n) is 9.75. The number of halogens is 1. The smallest absolute Gasteiger partial charge is 0.161 e. The van der Waals surface area contributed by atoms with Crippen molar-refractivity contribution in [2.24, 2.45) is 0 Å². The third-order valence-electron chi connectivity index (χ3n) is 5.31. The van der Waals surface area contributed by atoms with E-state index in [1.54, 1.807) is 0 Å². The van der Waals surface area contributed by atoms with Crippen LogP contribution in [0.15, 0.2) is 28.7 Å². The number of pyridine rings is 1. The molecule has 1 unspecified atom stereocenters. The zero-order chi connectivity index (χ0) is 19.1. The summed E-state index contributed by atoms with van der Waals surface area (Å²) in [6.07, 6.45) is 3.28. The number of hydrogen-bond acceptors (Lipinski definition) is 3. The Balaban J connectivity index is 1.85. The Morgan fingerprint density at radius 2 is 2.07 bits per heavy atom. The minimum Gasteiger partial charge on any atom is -0.373 e. The van der Waals surface area contributed by atoms with Gasteiger partial charge in [-0.2, -0.15) is 0 Å². The molecule has 5 heteroatoms. The van der Waals surface area contributed by atoms with Crippen LogP contribution in [0, 0.1) is 6.92 Å². The molecule has 27 heavy (non-hydrogen) atoms. The van der Waals surface area contributed by atoms with Gasteiger partial charge >= 0.3 is 0 Å². The van der Waals surface area contributed by atoms with Gasteiger partial charge in [-0.25, -0.2) is 9.97 Å². The molecule has 1 atom stereocenters. The van der Waals surface area contributed by atoms with E-state index in [0.717, 1.165) is 46.4 Å². The largest absolute Gasteiger partial charge is 0.373 e. The highest BCUT2D eigenvalue weighted by Gasteiger charge is 2.28.